The Balaban J connectivity index is 2.44. The Morgan fingerprint density at radius 3 is 2.79 bits per heavy atom. The largest absolute Gasteiger partial charge is 0.396 e. The molecule has 1 atom stereocenters. The van der Waals surface area contributed by atoms with Crippen molar-refractivity contribution in [1.82, 2.24) is 20.3 Å². The van der Waals surface area contributed by atoms with E-state index in [9.17, 15) is 4.79 Å². The van der Waals surface area contributed by atoms with Gasteiger partial charge in [0.05, 0.1) is 6.20 Å². The van der Waals surface area contributed by atoms with E-state index in [1.165, 1.54) is 0 Å². The van der Waals surface area contributed by atoms with Crippen LogP contribution in [0.2, 0.25) is 0 Å². The molecule has 1 unspecified atom stereocenters. The van der Waals surface area contributed by atoms with Crippen LogP contribution in [-0.4, -0.2) is 38.7 Å². The summed E-state index contributed by atoms with van der Waals surface area (Å²) in [5.74, 6) is 0.390. The first-order valence-electron chi connectivity index (χ1n) is 6.84. The van der Waals surface area contributed by atoms with E-state index in [1.807, 2.05) is 6.92 Å². The second-order valence-corrected chi connectivity index (χ2v) is 5.29. The minimum Gasteiger partial charge on any atom is -0.396 e. The number of carbonyl (C=O) groups excluding carboxylic acids is 1. The average Bonchev–Trinajstić information content (AvgIpc) is 2.82. The molecule has 0 aliphatic carbocycles. The molecular formula is C13H24N4O2. The van der Waals surface area contributed by atoms with E-state index in [1.54, 1.807) is 10.9 Å². The Kier molecular flexibility index (Phi) is 6.49. The molecule has 0 saturated carbocycles. The van der Waals surface area contributed by atoms with E-state index in [0.717, 1.165) is 19.4 Å². The molecule has 6 nitrogen and oxygen atoms in total. The highest BCUT2D eigenvalue weighted by molar-refractivity contribution is 5.92. The number of carbonyl (C=O) groups is 1. The normalized spacial score (nSPS) is 12.7. The van der Waals surface area contributed by atoms with Gasteiger partial charge in [0.15, 0.2) is 5.69 Å². The highest BCUT2D eigenvalue weighted by Gasteiger charge is 2.13. The van der Waals surface area contributed by atoms with Gasteiger partial charge in [-0.25, -0.2) is 0 Å². The highest BCUT2D eigenvalue weighted by Crippen LogP contribution is 2.03. The van der Waals surface area contributed by atoms with Crippen LogP contribution in [0.3, 0.4) is 0 Å². The van der Waals surface area contributed by atoms with E-state index in [4.69, 9.17) is 5.11 Å². The molecule has 1 amide bonds. The quantitative estimate of drug-likeness (QED) is 0.743. The van der Waals surface area contributed by atoms with Crippen LogP contribution in [0.5, 0.6) is 0 Å². The van der Waals surface area contributed by atoms with Crippen LogP contribution in [0.1, 0.15) is 50.5 Å². The summed E-state index contributed by atoms with van der Waals surface area (Å²) in [6.07, 6.45) is 4.13. The van der Waals surface area contributed by atoms with Crippen molar-refractivity contribution in [2.75, 3.05) is 6.61 Å². The van der Waals surface area contributed by atoms with Crippen molar-refractivity contribution in [2.24, 2.45) is 5.92 Å². The Morgan fingerprint density at radius 1 is 1.42 bits per heavy atom. The highest BCUT2D eigenvalue weighted by atomic mass is 16.3. The van der Waals surface area contributed by atoms with Gasteiger partial charge in [0.2, 0.25) is 0 Å². The molecule has 0 radical (unpaired) electrons. The lowest BCUT2D eigenvalue weighted by atomic mass is 10.1. The van der Waals surface area contributed by atoms with Crippen molar-refractivity contribution < 1.29 is 9.90 Å². The maximum Gasteiger partial charge on any atom is 0.273 e. The zero-order chi connectivity index (χ0) is 14.3. The number of aryl methyl sites for hydroxylation is 1. The van der Waals surface area contributed by atoms with E-state index < -0.39 is 0 Å². The second kappa shape index (κ2) is 7.89. The molecule has 1 aromatic rings. The molecule has 1 heterocycles. The van der Waals surface area contributed by atoms with Crippen LogP contribution in [0.15, 0.2) is 6.20 Å². The maximum atomic E-state index is 11.9. The van der Waals surface area contributed by atoms with Crippen LogP contribution >= 0.6 is 0 Å². The fourth-order valence-corrected chi connectivity index (χ4v) is 1.67. The molecule has 0 fully saturated rings. The third-order valence-electron chi connectivity index (χ3n) is 2.88. The standard InChI is InChI=1S/C13H24N4O2/c1-10(2)6-7-17-9-12(15-16-17)13(19)14-11(3)5-4-8-18/h9-11,18H,4-8H2,1-3H3,(H,14,19). The van der Waals surface area contributed by atoms with Gasteiger partial charge in [-0.1, -0.05) is 19.1 Å². The van der Waals surface area contributed by atoms with Crippen LogP contribution in [0.25, 0.3) is 0 Å². The number of amides is 1. The van der Waals surface area contributed by atoms with Gasteiger partial charge in [0.1, 0.15) is 0 Å². The molecule has 0 aliphatic heterocycles. The van der Waals surface area contributed by atoms with Crippen molar-refractivity contribution in [1.29, 1.82) is 0 Å². The molecule has 1 rings (SSSR count). The van der Waals surface area contributed by atoms with Gasteiger partial charge in [0, 0.05) is 19.2 Å². The monoisotopic (exact) mass is 268 g/mol. The van der Waals surface area contributed by atoms with Crippen molar-refractivity contribution >= 4 is 5.91 Å². The van der Waals surface area contributed by atoms with E-state index >= 15 is 0 Å². The summed E-state index contributed by atoms with van der Waals surface area (Å²) in [5, 5.41) is 19.4. The van der Waals surface area contributed by atoms with Gasteiger partial charge in [-0.3, -0.25) is 9.48 Å². The Morgan fingerprint density at radius 2 is 2.16 bits per heavy atom. The molecule has 1 aromatic heterocycles. The lowest BCUT2D eigenvalue weighted by Gasteiger charge is -2.11. The van der Waals surface area contributed by atoms with Crippen LogP contribution < -0.4 is 5.32 Å². The molecule has 19 heavy (non-hydrogen) atoms. The molecule has 108 valence electrons. The van der Waals surface area contributed by atoms with Crippen LogP contribution in [0.4, 0.5) is 0 Å². The van der Waals surface area contributed by atoms with E-state index in [0.29, 0.717) is 18.0 Å². The van der Waals surface area contributed by atoms with Crippen molar-refractivity contribution in [3.8, 4) is 0 Å². The summed E-state index contributed by atoms with van der Waals surface area (Å²) in [6.45, 7) is 7.13. The summed E-state index contributed by atoms with van der Waals surface area (Å²) in [7, 11) is 0. The Hall–Kier alpha value is -1.43. The lowest BCUT2D eigenvalue weighted by Crippen LogP contribution is -2.32. The predicted molar refractivity (Wildman–Crippen MR) is 72.7 cm³/mol. The molecule has 0 aromatic carbocycles. The number of rotatable bonds is 8. The van der Waals surface area contributed by atoms with E-state index in [2.05, 4.69) is 29.5 Å². The summed E-state index contributed by atoms with van der Waals surface area (Å²) in [4.78, 5) is 11.9. The third-order valence-corrected chi connectivity index (χ3v) is 2.88. The van der Waals surface area contributed by atoms with Crippen molar-refractivity contribution in [3.05, 3.63) is 11.9 Å². The topological polar surface area (TPSA) is 80.0 Å². The first-order valence-corrected chi connectivity index (χ1v) is 6.84. The average molecular weight is 268 g/mol. The first kappa shape index (κ1) is 15.6. The summed E-state index contributed by atoms with van der Waals surface area (Å²) in [5.41, 5.74) is 0.347. The van der Waals surface area contributed by atoms with Gasteiger partial charge < -0.3 is 10.4 Å². The van der Waals surface area contributed by atoms with Gasteiger partial charge >= 0.3 is 0 Å². The molecule has 0 bridgehead atoms. The predicted octanol–water partition coefficient (Wildman–Crippen LogP) is 1.21. The zero-order valence-corrected chi connectivity index (χ0v) is 12.0. The fraction of sp³-hybridized carbons (Fsp3) is 0.769. The van der Waals surface area contributed by atoms with Crippen LogP contribution in [0, 0.1) is 5.92 Å². The number of nitrogens with one attached hydrogen (secondary N) is 1. The Bertz CT molecular complexity index is 390. The molecule has 2 N–H and O–H groups in total. The molecular weight excluding hydrogens is 244 g/mol. The molecule has 0 aliphatic rings. The second-order valence-electron chi connectivity index (χ2n) is 5.29. The smallest absolute Gasteiger partial charge is 0.273 e. The number of nitrogens with zero attached hydrogens (tertiary/aromatic N) is 3. The fourth-order valence-electron chi connectivity index (χ4n) is 1.67. The van der Waals surface area contributed by atoms with Gasteiger partial charge in [-0.2, -0.15) is 0 Å². The zero-order valence-electron chi connectivity index (χ0n) is 12.0. The summed E-state index contributed by atoms with van der Waals surface area (Å²) in [6, 6.07) is 0.0282. The molecule has 6 heteroatoms. The van der Waals surface area contributed by atoms with E-state index in [-0.39, 0.29) is 18.6 Å². The van der Waals surface area contributed by atoms with Crippen LogP contribution in [-0.2, 0) is 6.54 Å². The number of aliphatic hydroxyl groups is 1. The number of aliphatic hydroxyl groups excluding tert-OH is 1. The Labute approximate surface area is 114 Å². The molecule has 0 spiro atoms. The first-order chi connectivity index (χ1) is 9.02. The van der Waals surface area contributed by atoms with Gasteiger partial charge in [-0.15, -0.1) is 5.10 Å². The summed E-state index contributed by atoms with van der Waals surface area (Å²) >= 11 is 0. The van der Waals surface area contributed by atoms with Crippen molar-refractivity contribution in [2.45, 2.75) is 52.6 Å². The number of aromatic nitrogens is 3. The van der Waals surface area contributed by atoms with Gasteiger partial charge in [0.25, 0.3) is 5.91 Å². The maximum absolute atomic E-state index is 11.9. The van der Waals surface area contributed by atoms with Gasteiger partial charge in [-0.05, 0) is 32.1 Å². The minimum absolute atomic E-state index is 0.0282. The SMILES string of the molecule is CC(C)CCn1cc(C(=O)NC(C)CCCO)nn1. The summed E-state index contributed by atoms with van der Waals surface area (Å²) < 4.78 is 1.70. The van der Waals surface area contributed by atoms with Crippen molar-refractivity contribution in [3.63, 3.8) is 0 Å². The number of hydrogen-bond donors (Lipinski definition) is 2. The lowest BCUT2D eigenvalue weighted by molar-refractivity contribution is 0.0931. The minimum atomic E-state index is -0.207. The third kappa shape index (κ3) is 5.83. The number of hydrogen-bond acceptors (Lipinski definition) is 4. The molecule has 0 saturated heterocycles.